The molecular weight excluding hydrogens is 438 g/mol. The Kier molecular flexibility index (Phi) is 4.55. The average molecular weight is 456 g/mol. The van der Waals surface area contributed by atoms with Gasteiger partial charge in [0.05, 0.1) is 23.1 Å². The Morgan fingerprint density at radius 2 is 1.59 bits per heavy atom. The molecule has 0 unspecified atom stereocenters. The summed E-state index contributed by atoms with van der Waals surface area (Å²) in [5.74, 6) is -0.811. The van der Waals surface area contributed by atoms with Gasteiger partial charge in [-0.1, -0.05) is 36.4 Å². The first kappa shape index (κ1) is 20.3. The Morgan fingerprint density at radius 3 is 2.32 bits per heavy atom. The molecule has 0 saturated carbocycles. The van der Waals surface area contributed by atoms with E-state index in [4.69, 9.17) is 0 Å². The number of para-hydroxylation sites is 2. The Balaban J connectivity index is 1.68. The van der Waals surface area contributed by atoms with Crippen molar-refractivity contribution in [2.45, 2.75) is 18.9 Å². The molecule has 168 valence electrons. The predicted octanol–water partition coefficient (Wildman–Crippen LogP) is 4.45. The lowest BCUT2D eigenvalue weighted by Gasteiger charge is -2.27. The highest BCUT2D eigenvalue weighted by molar-refractivity contribution is 5.96. The smallest absolute Gasteiger partial charge is 0.261 e. The van der Waals surface area contributed by atoms with Crippen LogP contribution in [0.5, 0.6) is 0 Å². The molecule has 2 aromatic heterocycles. The van der Waals surface area contributed by atoms with Gasteiger partial charge in [-0.2, -0.15) is 0 Å². The Morgan fingerprint density at radius 1 is 0.912 bits per heavy atom. The van der Waals surface area contributed by atoms with E-state index in [9.17, 15) is 18.4 Å². The van der Waals surface area contributed by atoms with Gasteiger partial charge in [0.1, 0.15) is 17.5 Å². The maximum atomic E-state index is 13.9. The SMILES string of the molecule is O=C1C[C@H](c2ccc(F)cc2)c2c(n3c4ccccc4nc3n(Cc3ccc(F)cc3)c2=O)N1. The second-order valence-corrected chi connectivity index (χ2v) is 8.37. The predicted molar refractivity (Wildman–Crippen MR) is 124 cm³/mol. The number of carbonyl (C=O) groups excluding carboxylic acids is 1. The highest BCUT2D eigenvalue weighted by atomic mass is 19.1. The molecule has 0 bridgehead atoms. The van der Waals surface area contributed by atoms with Crippen LogP contribution in [0.1, 0.15) is 29.0 Å². The fourth-order valence-corrected chi connectivity index (χ4v) is 4.68. The molecule has 3 heterocycles. The van der Waals surface area contributed by atoms with Gasteiger partial charge in [0, 0.05) is 12.3 Å². The van der Waals surface area contributed by atoms with Crippen LogP contribution in [0.3, 0.4) is 0 Å². The molecule has 0 radical (unpaired) electrons. The van der Waals surface area contributed by atoms with Crippen molar-refractivity contribution in [2.24, 2.45) is 0 Å². The number of hydrogen-bond donors (Lipinski definition) is 1. The number of carbonyl (C=O) groups is 1. The molecule has 1 N–H and O–H groups in total. The molecule has 1 amide bonds. The molecule has 8 heteroatoms. The number of benzene rings is 3. The van der Waals surface area contributed by atoms with Crippen molar-refractivity contribution in [1.82, 2.24) is 14.0 Å². The summed E-state index contributed by atoms with van der Waals surface area (Å²) in [6.07, 6.45) is 0.0581. The van der Waals surface area contributed by atoms with Crippen LogP contribution in [0, 0.1) is 11.6 Å². The number of amides is 1. The summed E-state index contributed by atoms with van der Waals surface area (Å²) in [6, 6.07) is 19.2. The highest BCUT2D eigenvalue weighted by Crippen LogP contribution is 2.36. The summed E-state index contributed by atoms with van der Waals surface area (Å²) in [6.45, 7) is 0.170. The molecule has 6 rings (SSSR count). The molecule has 34 heavy (non-hydrogen) atoms. The van der Waals surface area contributed by atoms with E-state index in [-0.39, 0.29) is 30.2 Å². The zero-order chi connectivity index (χ0) is 23.4. The minimum absolute atomic E-state index is 0.0581. The first-order valence-corrected chi connectivity index (χ1v) is 10.8. The fraction of sp³-hybridized carbons (Fsp3) is 0.115. The van der Waals surface area contributed by atoms with Crippen LogP contribution >= 0.6 is 0 Å². The zero-order valence-corrected chi connectivity index (χ0v) is 17.8. The van der Waals surface area contributed by atoms with E-state index in [1.807, 2.05) is 24.3 Å². The topological polar surface area (TPSA) is 68.4 Å². The van der Waals surface area contributed by atoms with Crippen LogP contribution in [0.4, 0.5) is 14.6 Å². The highest BCUT2D eigenvalue weighted by Gasteiger charge is 2.33. The second-order valence-electron chi connectivity index (χ2n) is 8.37. The zero-order valence-electron chi connectivity index (χ0n) is 17.8. The van der Waals surface area contributed by atoms with Crippen molar-refractivity contribution in [2.75, 3.05) is 5.32 Å². The van der Waals surface area contributed by atoms with Crippen molar-refractivity contribution in [3.8, 4) is 0 Å². The summed E-state index contributed by atoms with van der Waals surface area (Å²) in [5, 5.41) is 2.88. The summed E-state index contributed by atoms with van der Waals surface area (Å²) in [5.41, 5.74) is 2.91. The van der Waals surface area contributed by atoms with Crippen LogP contribution in [0.2, 0.25) is 0 Å². The summed E-state index contributed by atoms with van der Waals surface area (Å²) in [7, 11) is 0. The van der Waals surface area contributed by atoms with E-state index < -0.39 is 11.7 Å². The van der Waals surface area contributed by atoms with E-state index in [1.54, 1.807) is 33.2 Å². The number of nitrogens with zero attached hydrogens (tertiary/aromatic N) is 3. The Labute approximate surface area is 192 Å². The molecule has 1 atom stereocenters. The molecule has 0 aliphatic carbocycles. The largest absolute Gasteiger partial charge is 0.311 e. The molecule has 5 aromatic rings. The van der Waals surface area contributed by atoms with Crippen LogP contribution in [0.15, 0.2) is 77.6 Å². The number of imidazole rings is 1. The van der Waals surface area contributed by atoms with Gasteiger partial charge >= 0.3 is 0 Å². The molecule has 6 nitrogen and oxygen atoms in total. The maximum Gasteiger partial charge on any atom is 0.261 e. The Hall–Kier alpha value is -4.33. The van der Waals surface area contributed by atoms with Gasteiger partial charge in [0.25, 0.3) is 5.56 Å². The first-order chi connectivity index (χ1) is 16.5. The summed E-state index contributed by atoms with van der Waals surface area (Å²) < 4.78 is 30.4. The third kappa shape index (κ3) is 3.18. The van der Waals surface area contributed by atoms with Gasteiger partial charge in [0.2, 0.25) is 11.7 Å². The number of fused-ring (bicyclic) bond motifs is 5. The number of anilines is 1. The number of hydrogen-bond acceptors (Lipinski definition) is 3. The van der Waals surface area contributed by atoms with Crippen molar-refractivity contribution in [3.05, 3.63) is 111 Å². The number of rotatable bonds is 3. The molecule has 0 fully saturated rings. The number of nitrogens with one attached hydrogen (secondary N) is 1. The van der Waals surface area contributed by atoms with Gasteiger partial charge in [-0.15, -0.1) is 0 Å². The normalized spacial score (nSPS) is 15.5. The van der Waals surface area contributed by atoms with Gasteiger partial charge < -0.3 is 5.32 Å². The summed E-state index contributed by atoms with van der Waals surface area (Å²) in [4.78, 5) is 31.4. The van der Waals surface area contributed by atoms with Crippen LogP contribution in [-0.4, -0.2) is 19.9 Å². The van der Waals surface area contributed by atoms with E-state index in [0.29, 0.717) is 28.2 Å². The van der Waals surface area contributed by atoms with Crippen molar-refractivity contribution in [3.63, 3.8) is 0 Å². The number of halogens is 2. The monoisotopic (exact) mass is 456 g/mol. The van der Waals surface area contributed by atoms with E-state index in [0.717, 1.165) is 11.1 Å². The van der Waals surface area contributed by atoms with Crippen molar-refractivity contribution >= 4 is 28.5 Å². The number of aromatic nitrogens is 3. The Bertz CT molecular complexity index is 1640. The third-order valence-corrected chi connectivity index (χ3v) is 6.26. The van der Waals surface area contributed by atoms with Crippen LogP contribution in [-0.2, 0) is 11.3 Å². The lowest BCUT2D eigenvalue weighted by atomic mass is 9.86. The van der Waals surface area contributed by atoms with Gasteiger partial charge in [-0.05, 0) is 47.5 Å². The molecule has 3 aromatic carbocycles. The first-order valence-electron chi connectivity index (χ1n) is 10.8. The summed E-state index contributed by atoms with van der Waals surface area (Å²) >= 11 is 0. The minimum atomic E-state index is -0.554. The van der Waals surface area contributed by atoms with Crippen molar-refractivity contribution in [1.29, 1.82) is 0 Å². The lowest BCUT2D eigenvalue weighted by molar-refractivity contribution is -0.116. The quantitative estimate of drug-likeness (QED) is 0.436. The second kappa shape index (κ2) is 7.62. The third-order valence-electron chi connectivity index (χ3n) is 6.26. The van der Waals surface area contributed by atoms with Crippen molar-refractivity contribution < 1.29 is 13.6 Å². The molecular formula is C26H18F2N4O2. The molecule has 0 spiro atoms. The van der Waals surface area contributed by atoms with Gasteiger partial charge in [-0.3, -0.25) is 18.6 Å². The van der Waals surface area contributed by atoms with E-state index in [2.05, 4.69) is 10.3 Å². The minimum Gasteiger partial charge on any atom is -0.311 e. The standard InChI is InChI=1S/C26H18F2N4O2/c27-17-9-5-15(6-10-17)14-31-25(34)23-19(16-7-11-18(28)12-8-16)13-22(33)30-24(23)32-21-4-2-1-3-20(21)29-26(31)32/h1-12,19H,13-14H2,(H,30,33)/t19-/m1/s1. The van der Waals surface area contributed by atoms with E-state index >= 15 is 0 Å². The van der Waals surface area contributed by atoms with E-state index in [1.165, 1.54) is 24.3 Å². The lowest BCUT2D eigenvalue weighted by Crippen LogP contribution is -2.36. The van der Waals surface area contributed by atoms with Gasteiger partial charge in [0.15, 0.2) is 0 Å². The fourth-order valence-electron chi connectivity index (χ4n) is 4.68. The maximum absolute atomic E-state index is 13.9. The van der Waals surface area contributed by atoms with Gasteiger partial charge in [-0.25, -0.2) is 13.8 Å². The van der Waals surface area contributed by atoms with Crippen LogP contribution < -0.4 is 10.9 Å². The average Bonchev–Trinajstić information content (AvgIpc) is 3.22. The van der Waals surface area contributed by atoms with Crippen LogP contribution in [0.25, 0.3) is 16.8 Å². The molecule has 1 aliphatic heterocycles. The molecule has 0 saturated heterocycles. The molecule has 1 aliphatic rings.